The summed E-state index contributed by atoms with van der Waals surface area (Å²) >= 11 is 1.91. The van der Waals surface area contributed by atoms with E-state index in [9.17, 15) is 0 Å². The van der Waals surface area contributed by atoms with Gasteiger partial charge in [-0.3, -0.25) is 4.99 Å². The predicted molar refractivity (Wildman–Crippen MR) is 85.9 cm³/mol. The van der Waals surface area contributed by atoms with Crippen LogP contribution in [0, 0.1) is 5.41 Å². The molecule has 0 saturated carbocycles. The van der Waals surface area contributed by atoms with E-state index in [1.165, 1.54) is 12.0 Å². The second kappa shape index (κ2) is 6.47. The molecule has 19 heavy (non-hydrogen) atoms. The molecule has 0 bridgehead atoms. The third-order valence-electron chi connectivity index (χ3n) is 3.09. The van der Waals surface area contributed by atoms with Gasteiger partial charge in [-0.15, -0.1) is 0 Å². The van der Waals surface area contributed by atoms with Crippen LogP contribution in [0.3, 0.4) is 0 Å². The lowest BCUT2D eigenvalue weighted by atomic mass is 9.90. The van der Waals surface area contributed by atoms with Crippen LogP contribution in [0.15, 0.2) is 35.3 Å². The molecule has 1 aliphatic rings. The third kappa shape index (κ3) is 5.27. The number of aliphatic imine (C=N–C) groups is 1. The van der Waals surface area contributed by atoms with E-state index in [0.717, 1.165) is 24.7 Å². The molecule has 104 valence electrons. The maximum atomic E-state index is 4.60. The number of hydrogen-bond donors (Lipinski definition) is 1. The molecule has 2 nitrogen and oxygen atoms in total. The van der Waals surface area contributed by atoms with Crippen molar-refractivity contribution in [3.05, 3.63) is 35.9 Å². The van der Waals surface area contributed by atoms with Gasteiger partial charge in [0, 0.05) is 11.8 Å². The third-order valence-corrected chi connectivity index (χ3v) is 4.24. The second-order valence-electron chi connectivity index (χ2n) is 6.31. The van der Waals surface area contributed by atoms with Gasteiger partial charge in [-0.05, 0) is 23.8 Å². The number of nitrogens with one attached hydrogen (secondary N) is 1. The monoisotopic (exact) mass is 276 g/mol. The van der Waals surface area contributed by atoms with Crippen molar-refractivity contribution in [3.63, 3.8) is 0 Å². The standard InChI is InChI=1S/C16H24N2S/c1-16(2,3)11-14-12-18-15(19-14)17-10-9-13-7-5-4-6-8-13/h4-8,14H,9-12H2,1-3H3,(H,17,18). The molecule has 1 unspecified atom stereocenters. The van der Waals surface area contributed by atoms with E-state index in [-0.39, 0.29) is 0 Å². The Labute approximate surface area is 121 Å². The molecule has 1 aliphatic heterocycles. The molecule has 0 aromatic heterocycles. The quantitative estimate of drug-likeness (QED) is 0.906. The summed E-state index contributed by atoms with van der Waals surface area (Å²) in [6.45, 7) is 8.84. The SMILES string of the molecule is CC(C)(C)CC1CN=C(NCCc2ccccc2)S1. The molecule has 1 heterocycles. The first kappa shape index (κ1) is 14.4. The summed E-state index contributed by atoms with van der Waals surface area (Å²) in [7, 11) is 0. The molecule has 0 spiro atoms. The molecular formula is C16H24N2S. The molecule has 0 radical (unpaired) electrons. The predicted octanol–water partition coefficient (Wildman–Crippen LogP) is 3.73. The van der Waals surface area contributed by atoms with Gasteiger partial charge in [0.25, 0.3) is 0 Å². The zero-order valence-electron chi connectivity index (χ0n) is 12.1. The van der Waals surface area contributed by atoms with Crippen LogP contribution in [-0.4, -0.2) is 23.5 Å². The van der Waals surface area contributed by atoms with Gasteiger partial charge in [-0.2, -0.15) is 0 Å². The summed E-state index contributed by atoms with van der Waals surface area (Å²) in [4.78, 5) is 4.60. The zero-order chi connectivity index (χ0) is 13.7. The Kier molecular flexibility index (Phi) is 4.92. The van der Waals surface area contributed by atoms with Crippen LogP contribution in [0.25, 0.3) is 0 Å². The van der Waals surface area contributed by atoms with Crippen molar-refractivity contribution in [3.8, 4) is 0 Å². The van der Waals surface area contributed by atoms with Crippen molar-refractivity contribution in [1.29, 1.82) is 0 Å². The highest BCUT2D eigenvalue weighted by Crippen LogP contribution is 2.31. The van der Waals surface area contributed by atoms with Gasteiger partial charge in [0.1, 0.15) is 0 Å². The van der Waals surface area contributed by atoms with E-state index < -0.39 is 0 Å². The molecule has 0 aliphatic carbocycles. The van der Waals surface area contributed by atoms with Crippen molar-refractivity contribution >= 4 is 16.9 Å². The van der Waals surface area contributed by atoms with E-state index in [0.29, 0.717) is 10.7 Å². The first-order chi connectivity index (χ1) is 9.03. The minimum atomic E-state index is 0.396. The van der Waals surface area contributed by atoms with Crippen LogP contribution in [0.4, 0.5) is 0 Å². The normalized spacial score (nSPS) is 19.3. The average Bonchev–Trinajstić information content (AvgIpc) is 2.76. The summed E-state index contributed by atoms with van der Waals surface area (Å²) in [6, 6.07) is 10.6. The Morgan fingerprint density at radius 3 is 2.68 bits per heavy atom. The molecule has 1 aromatic carbocycles. The van der Waals surface area contributed by atoms with Gasteiger partial charge in [0.15, 0.2) is 5.17 Å². The molecular weight excluding hydrogens is 252 g/mol. The van der Waals surface area contributed by atoms with Gasteiger partial charge >= 0.3 is 0 Å². The van der Waals surface area contributed by atoms with Crippen LogP contribution in [0.2, 0.25) is 0 Å². The molecule has 0 amide bonds. The molecule has 0 fully saturated rings. The maximum absolute atomic E-state index is 4.60. The number of rotatable bonds is 4. The van der Waals surface area contributed by atoms with E-state index in [1.54, 1.807) is 0 Å². The van der Waals surface area contributed by atoms with Gasteiger partial charge in [-0.1, -0.05) is 62.9 Å². The summed E-state index contributed by atoms with van der Waals surface area (Å²) in [5.41, 5.74) is 1.77. The van der Waals surface area contributed by atoms with E-state index in [1.807, 2.05) is 11.8 Å². The van der Waals surface area contributed by atoms with Gasteiger partial charge < -0.3 is 5.32 Å². The molecule has 1 N–H and O–H groups in total. The van der Waals surface area contributed by atoms with E-state index in [2.05, 4.69) is 61.4 Å². The molecule has 2 rings (SSSR count). The lowest BCUT2D eigenvalue weighted by Gasteiger charge is -2.21. The van der Waals surface area contributed by atoms with Crippen molar-refractivity contribution in [2.75, 3.05) is 13.1 Å². The zero-order valence-corrected chi connectivity index (χ0v) is 13.0. The summed E-state index contributed by atoms with van der Waals surface area (Å²) < 4.78 is 0. The molecule has 3 heteroatoms. The first-order valence-corrected chi connectivity index (χ1v) is 7.90. The maximum Gasteiger partial charge on any atom is 0.156 e. The van der Waals surface area contributed by atoms with Gasteiger partial charge in [0.2, 0.25) is 0 Å². The Morgan fingerprint density at radius 1 is 1.26 bits per heavy atom. The van der Waals surface area contributed by atoms with E-state index >= 15 is 0 Å². The fourth-order valence-corrected chi connectivity index (χ4v) is 3.64. The summed E-state index contributed by atoms with van der Waals surface area (Å²) in [5.74, 6) is 0. The number of hydrogen-bond acceptors (Lipinski definition) is 3. The molecule has 0 saturated heterocycles. The fraction of sp³-hybridized carbons (Fsp3) is 0.562. The highest BCUT2D eigenvalue weighted by Gasteiger charge is 2.24. The van der Waals surface area contributed by atoms with Gasteiger partial charge in [0.05, 0.1) is 6.54 Å². The lowest BCUT2D eigenvalue weighted by molar-refractivity contribution is 0.375. The Balaban J connectivity index is 1.68. The van der Waals surface area contributed by atoms with Crippen molar-refractivity contribution in [1.82, 2.24) is 5.32 Å². The largest absolute Gasteiger partial charge is 0.365 e. The fourth-order valence-electron chi connectivity index (χ4n) is 2.26. The topological polar surface area (TPSA) is 24.4 Å². The average molecular weight is 276 g/mol. The number of amidine groups is 1. The molecule has 1 aromatic rings. The Morgan fingerprint density at radius 2 is 2.00 bits per heavy atom. The van der Waals surface area contributed by atoms with E-state index in [4.69, 9.17) is 0 Å². The van der Waals surface area contributed by atoms with Crippen LogP contribution >= 0.6 is 11.8 Å². The van der Waals surface area contributed by atoms with Crippen LogP contribution < -0.4 is 5.32 Å². The van der Waals surface area contributed by atoms with Crippen molar-refractivity contribution in [2.45, 2.75) is 38.9 Å². The molecule has 1 atom stereocenters. The van der Waals surface area contributed by atoms with Crippen LogP contribution in [0.5, 0.6) is 0 Å². The Hall–Kier alpha value is -0.960. The minimum absolute atomic E-state index is 0.396. The highest BCUT2D eigenvalue weighted by atomic mass is 32.2. The lowest BCUT2D eigenvalue weighted by Crippen LogP contribution is -2.23. The minimum Gasteiger partial charge on any atom is -0.365 e. The summed E-state index contributed by atoms with van der Waals surface area (Å²) in [5, 5.41) is 5.24. The summed E-state index contributed by atoms with van der Waals surface area (Å²) in [6.07, 6.45) is 2.29. The van der Waals surface area contributed by atoms with Crippen molar-refractivity contribution in [2.24, 2.45) is 10.4 Å². The second-order valence-corrected chi connectivity index (χ2v) is 7.60. The van der Waals surface area contributed by atoms with Crippen LogP contribution in [0.1, 0.15) is 32.8 Å². The first-order valence-electron chi connectivity index (χ1n) is 7.02. The highest BCUT2D eigenvalue weighted by molar-refractivity contribution is 8.14. The van der Waals surface area contributed by atoms with Gasteiger partial charge in [-0.25, -0.2) is 0 Å². The number of benzene rings is 1. The Bertz CT molecular complexity index is 420. The number of thioether (sulfide) groups is 1. The van der Waals surface area contributed by atoms with Crippen molar-refractivity contribution < 1.29 is 0 Å². The smallest absolute Gasteiger partial charge is 0.156 e. The number of nitrogens with zero attached hydrogens (tertiary/aromatic N) is 1. The van der Waals surface area contributed by atoms with Crippen LogP contribution in [-0.2, 0) is 6.42 Å².